The lowest BCUT2D eigenvalue weighted by molar-refractivity contribution is 0.104. The van der Waals surface area contributed by atoms with Crippen LogP contribution >= 0.6 is 22.7 Å². The molecule has 3 heteroatoms. The molecule has 0 aliphatic rings. The van der Waals surface area contributed by atoms with Gasteiger partial charge in [-0.2, -0.15) is 0 Å². The number of aryl methyl sites for hydroxylation is 1. The predicted octanol–water partition coefficient (Wildman–Crippen LogP) is 3.66. The van der Waals surface area contributed by atoms with Crippen molar-refractivity contribution in [1.82, 2.24) is 0 Å². The normalized spacial score (nSPS) is 10.4. The standard InChI is InChI=1S/C11H10OS2/c1-7-8(2)14-6-9(7)11(12)10-4-3-5-13-10/h3-6H,1-2H3. The van der Waals surface area contributed by atoms with Crippen LogP contribution in [0, 0.1) is 13.8 Å². The van der Waals surface area contributed by atoms with Gasteiger partial charge in [-0.05, 0) is 30.9 Å². The van der Waals surface area contributed by atoms with E-state index in [1.54, 1.807) is 11.3 Å². The van der Waals surface area contributed by atoms with Crippen molar-refractivity contribution < 1.29 is 4.79 Å². The van der Waals surface area contributed by atoms with E-state index >= 15 is 0 Å². The highest BCUT2D eigenvalue weighted by Gasteiger charge is 2.14. The molecule has 14 heavy (non-hydrogen) atoms. The smallest absolute Gasteiger partial charge is 0.204 e. The van der Waals surface area contributed by atoms with E-state index in [1.807, 2.05) is 36.7 Å². The van der Waals surface area contributed by atoms with Crippen LogP contribution in [0.4, 0.5) is 0 Å². The minimum absolute atomic E-state index is 0.154. The van der Waals surface area contributed by atoms with E-state index < -0.39 is 0 Å². The van der Waals surface area contributed by atoms with Gasteiger partial charge in [0.15, 0.2) is 0 Å². The highest BCUT2D eigenvalue weighted by Crippen LogP contribution is 2.24. The van der Waals surface area contributed by atoms with E-state index in [9.17, 15) is 4.79 Å². The first-order valence-corrected chi connectivity index (χ1v) is 6.09. The highest BCUT2D eigenvalue weighted by molar-refractivity contribution is 7.12. The first-order valence-electron chi connectivity index (χ1n) is 4.33. The summed E-state index contributed by atoms with van der Waals surface area (Å²) in [5, 5.41) is 3.88. The van der Waals surface area contributed by atoms with E-state index in [4.69, 9.17) is 0 Å². The van der Waals surface area contributed by atoms with Crippen molar-refractivity contribution in [3.8, 4) is 0 Å². The zero-order valence-corrected chi connectivity index (χ0v) is 9.67. The van der Waals surface area contributed by atoms with Crippen LogP contribution in [0.1, 0.15) is 25.7 Å². The third-order valence-electron chi connectivity index (χ3n) is 2.28. The number of hydrogen-bond donors (Lipinski definition) is 0. The van der Waals surface area contributed by atoms with Crippen LogP contribution in [0.15, 0.2) is 22.9 Å². The molecule has 0 spiro atoms. The Morgan fingerprint density at radius 2 is 2.07 bits per heavy atom. The van der Waals surface area contributed by atoms with Gasteiger partial charge in [0, 0.05) is 15.8 Å². The molecular formula is C11H10OS2. The molecule has 0 atom stereocenters. The largest absolute Gasteiger partial charge is 0.288 e. The number of carbonyl (C=O) groups is 1. The fraction of sp³-hybridized carbons (Fsp3) is 0.182. The van der Waals surface area contributed by atoms with E-state index in [2.05, 4.69) is 0 Å². The molecule has 72 valence electrons. The number of thiophene rings is 2. The molecule has 0 N–H and O–H groups in total. The zero-order chi connectivity index (χ0) is 10.1. The maximum Gasteiger partial charge on any atom is 0.204 e. The third-order valence-corrected chi connectivity index (χ3v) is 4.16. The average molecular weight is 222 g/mol. The Hall–Kier alpha value is -0.930. The van der Waals surface area contributed by atoms with Crippen LogP contribution in [-0.4, -0.2) is 5.78 Å². The molecule has 0 radical (unpaired) electrons. The SMILES string of the molecule is Cc1scc(C(=O)c2cccs2)c1C. The summed E-state index contributed by atoms with van der Waals surface area (Å²) in [5.41, 5.74) is 1.98. The van der Waals surface area contributed by atoms with Crippen LogP contribution < -0.4 is 0 Å². The molecule has 2 aromatic heterocycles. The third kappa shape index (κ3) is 1.53. The van der Waals surface area contributed by atoms with Gasteiger partial charge in [0.25, 0.3) is 0 Å². The molecule has 2 heterocycles. The summed E-state index contributed by atoms with van der Waals surface area (Å²) in [5.74, 6) is 0.154. The fourth-order valence-electron chi connectivity index (χ4n) is 1.28. The van der Waals surface area contributed by atoms with E-state index in [1.165, 1.54) is 16.2 Å². The average Bonchev–Trinajstić information content (AvgIpc) is 2.77. The second-order valence-electron chi connectivity index (χ2n) is 3.14. The minimum atomic E-state index is 0.154. The van der Waals surface area contributed by atoms with Crippen molar-refractivity contribution >= 4 is 28.5 Å². The first-order chi connectivity index (χ1) is 6.70. The Morgan fingerprint density at radius 3 is 2.57 bits per heavy atom. The van der Waals surface area contributed by atoms with Gasteiger partial charge in [0.1, 0.15) is 0 Å². The molecule has 0 aliphatic heterocycles. The molecule has 0 unspecified atom stereocenters. The summed E-state index contributed by atoms with van der Waals surface area (Å²) < 4.78 is 0. The van der Waals surface area contributed by atoms with Crippen molar-refractivity contribution in [1.29, 1.82) is 0 Å². The van der Waals surface area contributed by atoms with Crippen molar-refractivity contribution in [2.24, 2.45) is 0 Å². The van der Waals surface area contributed by atoms with Crippen LogP contribution in [0.3, 0.4) is 0 Å². The molecule has 0 aliphatic carbocycles. The van der Waals surface area contributed by atoms with Gasteiger partial charge in [-0.1, -0.05) is 6.07 Å². The van der Waals surface area contributed by atoms with Crippen molar-refractivity contribution in [3.63, 3.8) is 0 Å². The molecule has 2 aromatic rings. The molecule has 0 bridgehead atoms. The lowest BCUT2D eigenvalue weighted by atomic mass is 10.1. The quantitative estimate of drug-likeness (QED) is 0.709. The topological polar surface area (TPSA) is 17.1 Å². The fourth-order valence-corrected chi connectivity index (χ4v) is 2.82. The van der Waals surface area contributed by atoms with E-state index in [0.717, 1.165) is 16.0 Å². The van der Waals surface area contributed by atoms with Gasteiger partial charge >= 0.3 is 0 Å². The Morgan fingerprint density at radius 1 is 1.29 bits per heavy atom. The number of ketones is 1. The summed E-state index contributed by atoms with van der Waals surface area (Å²) in [7, 11) is 0. The van der Waals surface area contributed by atoms with Gasteiger partial charge in [0.05, 0.1) is 4.88 Å². The van der Waals surface area contributed by atoms with Crippen molar-refractivity contribution in [2.45, 2.75) is 13.8 Å². The molecule has 2 rings (SSSR count). The van der Waals surface area contributed by atoms with Gasteiger partial charge in [-0.3, -0.25) is 4.79 Å². The van der Waals surface area contributed by atoms with Gasteiger partial charge in [-0.25, -0.2) is 0 Å². The number of carbonyl (C=O) groups excluding carboxylic acids is 1. The Balaban J connectivity index is 2.42. The summed E-state index contributed by atoms with van der Waals surface area (Å²) in [6, 6.07) is 3.78. The maximum absolute atomic E-state index is 12.0. The van der Waals surface area contributed by atoms with Crippen molar-refractivity contribution in [2.75, 3.05) is 0 Å². The van der Waals surface area contributed by atoms with Gasteiger partial charge < -0.3 is 0 Å². The molecule has 0 aromatic carbocycles. The number of hydrogen-bond acceptors (Lipinski definition) is 3. The highest BCUT2D eigenvalue weighted by atomic mass is 32.1. The van der Waals surface area contributed by atoms with Crippen LogP contribution in [0.25, 0.3) is 0 Å². The molecule has 0 fully saturated rings. The minimum Gasteiger partial charge on any atom is -0.288 e. The van der Waals surface area contributed by atoms with Crippen LogP contribution in [0.2, 0.25) is 0 Å². The van der Waals surface area contributed by atoms with E-state index in [-0.39, 0.29) is 5.78 Å². The predicted molar refractivity (Wildman–Crippen MR) is 61.5 cm³/mol. The van der Waals surface area contributed by atoms with Crippen LogP contribution in [0.5, 0.6) is 0 Å². The zero-order valence-electron chi connectivity index (χ0n) is 8.03. The Kier molecular flexibility index (Phi) is 2.52. The van der Waals surface area contributed by atoms with Gasteiger partial charge in [-0.15, -0.1) is 22.7 Å². The lowest BCUT2D eigenvalue weighted by Crippen LogP contribution is -1.98. The second kappa shape index (κ2) is 3.67. The van der Waals surface area contributed by atoms with Gasteiger partial charge in [0.2, 0.25) is 5.78 Å². The Bertz CT molecular complexity index is 452. The monoisotopic (exact) mass is 222 g/mol. The summed E-state index contributed by atoms with van der Waals surface area (Å²) in [6.07, 6.45) is 0. The maximum atomic E-state index is 12.0. The lowest BCUT2D eigenvalue weighted by Gasteiger charge is -1.96. The summed E-state index contributed by atoms with van der Waals surface area (Å²) >= 11 is 3.14. The molecule has 1 nitrogen and oxygen atoms in total. The summed E-state index contributed by atoms with van der Waals surface area (Å²) in [6.45, 7) is 4.05. The molecule has 0 saturated carbocycles. The van der Waals surface area contributed by atoms with E-state index in [0.29, 0.717) is 0 Å². The van der Waals surface area contributed by atoms with Crippen molar-refractivity contribution in [3.05, 3.63) is 43.8 Å². The molecular weight excluding hydrogens is 212 g/mol. The molecule has 0 amide bonds. The van der Waals surface area contributed by atoms with Crippen LogP contribution in [-0.2, 0) is 0 Å². The first kappa shape index (κ1) is 9.62. The number of rotatable bonds is 2. The summed E-state index contributed by atoms with van der Waals surface area (Å²) in [4.78, 5) is 14.0. The molecule has 0 saturated heterocycles. The second-order valence-corrected chi connectivity index (χ2v) is 5.17. The Labute approximate surface area is 91.0 Å².